The first kappa shape index (κ1) is 12.2. The molecule has 1 aromatic rings. The van der Waals surface area contributed by atoms with Crippen molar-refractivity contribution in [2.24, 2.45) is 0 Å². The van der Waals surface area contributed by atoms with Crippen molar-refractivity contribution < 1.29 is 4.92 Å². The van der Waals surface area contributed by atoms with Crippen molar-refractivity contribution in [3.63, 3.8) is 0 Å². The second kappa shape index (κ2) is 4.91. The normalized spacial score (nSPS) is 23.6. The first-order valence-electron chi connectivity index (χ1n) is 5.57. The van der Waals surface area contributed by atoms with Gasteiger partial charge in [0, 0.05) is 17.4 Å². The summed E-state index contributed by atoms with van der Waals surface area (Å²) in [5.41, 5.74) is 0.0250. The molecular formula is C11H15N3O2S. The smallest absolute Gasteiger partial charge is 0.287 e. The Labute approximate surface area is 104 Å². The molecule has 1 aromatic heterocycles. The van der Waals surface area contributed by atoms with E-state index in [1.807, 2.05) is 11.8 Å². The average molecular weight is 253 g/mol. The van der Waals surface area contributed by atoms with Gasteiger partial charge in [-0.3, -0.25) is 10.1 Å². The number of nitrogens with zero attached hydrogens (tertiary/aromatic N) is 2. The largest absolute Gasteiger partial charge is 0.369 e. The van der Waals surface area contributed by atoms with Gasteiger partial charge in [-0.1, -0.05) is 0 Å². The Morgan fingerprint density at radius 1 is 1.65 bits per heavy atom. The predicted molar refractivity (Wildman–Crippen MR) is 69.5 cm³/mol. The Balaban J connectivity index is 1.93. The molecule has 1 aliphatic heterocycles. The molecule has 92 valence electrons. The summed E-state index contributed by atoms with van der Waals surface area (Å²) in [5, 5.41) is 13.7. The average Bonchev–Trinajstić information content (AvgIpc) is 2.75. The van der Waals surface area contributed by atoms with Crippen molar-refractivity contribution in [3.8, 4) is 0 Å². The SMILES string of the molecule is CC1(CNc2ccc([N+](=O)[O-])cn2)CCCS1. The molecule has 1 fully saturated rings. The molecule has 2 rings (SSSR count). The Bertz CT molecular complexity index is 402. The zero-order valence-corrected chi connectivity index (χ0v) is 10.5. The summed E-state index contributed by atoms with van der Waals surface area (Å²) < 4.78 is 0.267. The molecule has 1 aliphatic rings. The van der Waals surface area contributed by atoms with Gasteiger partial charge in [0.1, 0.15) is 12.0 Å². The fourth-order valence-electron chi connectivity index (χ4n) is 1.85. The molecule has 1 unspecified atom stereocenters. The number of nitro groups is 1. The van der Waals surface area contributed by atoms with Crippen LogP contribution in [0.25, 0.3) is 0 Å². The van der Waals surface area contributed by atoms with Crippen molar-refractivity contribution in [3.05, 3.63) is 28.4 Å². The molecule has 0 spiro atoms. The quantitative estimate of drug-likeness (QED) is 0.660. The number of thioether (sulfide) groups is 1. The van der Waals surface area contributed by atoms with E-state index < -0.39 is 4.92 Å². The van der Waals surface area contributed by atoms with Crippen molar-refractivity contribution in [1.82, 2.24) is 4.98 Å². The monoisotopic (exact) mass is 253 g/mol. The molecule has 0 aliphatic carbocycles. The predicted octanol–water partition coefficient (Wildman–Crippen LogP) is 2.69. The van der Waals surface area contributed by atoms with E-state index in [-0.39, 0.29) is 10.4 Å². The van der Waals surface area contributed by atoms with Crippen molar-refractivity contribution in [2.45, 2.75) is 24.5 Å². The van der Waals surface area contributed by atoms with E-state index in [0.29, 0.717) is 5.82 Å². The second-order valence-corrected chi connectivity index (χ2v) is 6.10. The first-order valence-corrected chi connectivity index (χ1v) is 6.56. The zero-order chi connectivity index (χ0) is 12.3. The van der Waals surface area contributed by atoms with E-state index in [2.05, 4.69) is 17.2 Å². The lowest BCUT2D eigenvalue weighted by atomic mass is 10.1. The zero-order valence-electron chi connectivity index (χ0n) is 9.68. The standard InChI is InChI=1S/C11H15N3O2S/c1-11(5-2-6-17-11)8-13-10-4-3-9(7-12-10)14(15)16/h3-4,7H,2,5-6,8H2,1H3,(H,12,13). The van der Waals surface area contributed by atoms with Crippen LogP contribution in [0.4, 0.5) is 11.5 Å². The maximum Gasteiger partial charge on any atom is 0.287 e. The molecule has 1 saturated heterocycles. The highest BCUT2D eigenvalue weighted by molar-refractivity contribution is 8.00. The van der Waals surface area contributed by atoms with Crippen LogP contribution in [-0.2, 0) is 0 Å². The van der Waals surface area contributed by atoms with Crippen LogP contribution in [0.5, 0.6) is 0 Å². The lowest BCUT2D eigenvalue weighted by Crippen LogP contribution is -2.27. The minimum absolute atomic E-state index is 0.0250. The molecule has 2 heterocycles. The van der Waals surface area contributed by atoms with E-state index in [1.54, 1.807) is 6.07 Å². The van der Waals surface area contributed by atoms with Gasteiger partial charge in [0.05, 0.1) is 4.92 Å². The first-order chi connectivity index (χ1) is 8.09. The number of nitrogens with one attached hydrogen (secondary N) is 1. The Hall–Kier alpha value is -1.30. The number of hydrogen-bond donors (Lipinski definition) is 1. The maximum absolute atomic E-state index is 10.5. The fourth-order valence-corrected chi connectivity index (χ4v) is 3.10. The molecule has 0 radical (unpaired) electrons. The second-order valence-electron chi connectivity index (χ2n) is 4.41. The molecule has 1 atom stereocenters. The molecule has 0 aromatic carbocycles. The summed E-state index contributed by atoms with van der Waals surface area (Å²) >= 11 is 1.97. The summed E-state index contributed by atoms with van der Waals surface area (Å²) in [7, 11) is 0. The topological polar surface area (TPSA) is 68.1 Å². The Morgan fingerprint density at radius 3 is 3.00 bits per heavy atom. The van der Waals surface area contributed by atoms with E-state index in [9.17, 15) is 10.1 Å². The van der Waals surface area contributed by atoms with Gasteiger partial charge in [0.15, 0.2) is 0 Å². The highest BCUT2D eigenvalue weighted by Gasteiger charge is 2.29. The van der Waals surface area contributed by atoms with Gasteiger partial charge < -0.3 is 5.32 Å². The van der Waals surface area contributed by atoms with Gasteiger partial charge in [-0.15, -0.1) is 0 Å². The van der Waals surface area contributed by atoms with Crippen LogP contribution in [0.3, 0.4) is 0 Å². The van der Waals surface area contributed by atoms with E-state index >= 15 is 0 Å². The van der Waals surface area contributed by atoms with Gasteiger partial charge in [-0.25, -0.2) is 4.98 Å². The molecule has 5 nitrogen and oxygen atoms in total. The molecule has 1 N–H and O–H groups in total. The highest BCUT2D eigenvalue weighted by atomic mass is 32.2. The fraction of sp³-hybridized carbons (Fsp3) is 0.545. The van der Waals surface area contributed by atoms with Gasteiger partial charge in [-0.2, -0.15) is 11.8 Å². The summed E-state index contributed by atoms with van der Waals surface area (Å²) in [4.78, 5) is 14.1. The summed E-state index contributed by atoms with van der Waals surface area (Å²) in [6.07, 6.45) is 3.75. The number of rotatable bonds is 4. The maximum atomic E-state index is 10.5. The van der Waals surface area contributed by atoms with Crippen molar-refractivity contribution in [2.75, 3.05) is 17.6 Å². The number of hydrogen-bond acceptors (Lipinski definition) is 5. The van der Waals surface area contributed by atoms with E-state index in [0.717, 1.165) is 6.54 Å². The minimum Gasteiger partial charge on any atom is -0.369 e. The third-order valence-corrected chi connectivity index (χ3v) is 4.44. The number of anilines is 1. The molecule has 0 saturated carbocycles. The lowest BCUT2D eigenvalue weighted by Gasteiger charge is -2.23. The highest BCUT2D eigenvalue weighted by Crippen LogP contribution is 2.37. The summed E-state index contributed by atoms with van der Waals surface area (Å²) in [5.74, 6) is 1.91. The molecular weight excluding hydrogens is 238 g/mol. The number of pyridine rings is 1. The van der Waals surface area contributed by atoms with Crippen LogP contribution >= 0.6 is 11.8 Å². The third kappa shape index (κ3) is 3.09. The minimum atomic E-state index is -0.440. The summed E-state index contributed by atoms with van der Waals surface area (Å²) in [6, 6.07) is 3.13. The van der Waals surface area contributed by atoms with Crippen LogP contribution in [0.1, 0.15) is 19.8 Å². The number of aromatic nitrogens is 1. The van der Waals surface area contributed by atoms with Crippen molar-refractivity contribution in [1.29, 1.82) is 0 Å². The van der Waals surface area contributed by atoms with E-state index in [4.69, 9.17) is 0 Å². The molecule has 17 heavy (non-hydrogen) atoms. The van der Waals surface area contributed by atoms with Crippen LogP contribution in [0.2, 0.25) is 0 Å². The van der Waals surface area contributed by atoms with Gasteiger partial charge >= 0.3 is 0 Å². The van der Waals surface area contributed by atoms with Gasteiger partial charge in [0.25, 0.3) is 5.69 Å². The van der Waals surface area contributed by atoms with E-state index in [1.165, 1.54) is 30.9 Å². The van der Waals surface area contributed by atoms with Crippen LogP contribution < -0.4 is 5.32 Å². The van der Waals surface area contributed by atoms with Gasteiger partial charge in [0.2, 0.25) is 0 Å². The van der Waals surface area contributed by atoms with Gasteiger partial charge in [-0.05, 0) is 31.6 Å². The molecule has 0 amide bonds. The van der Waals surface area contributed by atoms with Crippen LogP contribution in [0.15, 0.2) is 18.3 Å². The van der Waals surface area contributed by atoms with Crippen molar-refractivity contribution >= 4 is 23.3 Å². The molecule has 0 bridgehead atoms. The molecule has 6 heteroatoms. The van der Waals surface area contributed by atoms with Crippen LogP contribution in [0, 0.1) is 10.1 Å². The lowest BCUT2D eigenvalue weighted by molar-refractivity contribution is -0.385. The Kier molecular flexibility index (Phi) is 3.51. The summed E-state index contributed by atoms with van der Waals surface area (Å²) in [6.45, 7) is 3.09. The van der Waals surface area contributed by atoms with Crippen LogP contribution in [-0.4, -0.2) is 27.0 Å². The Morgan fingerprint density at radius 2 is 2.47 bits per heavy atom. The third-order valence-electron chi connectivity index (χ3n) is 2.90.